The lowest BCUT2D eigenvalue weighted by molar-refractivity contribution is 0.0820. The van der Waals surface area contributed by atoms with E-state index in [2.05, 4.69) is 4.98 Å². The van der Waals surface area contributed by atoms with E-state index in [-0.39, 0.29) is 17.3 Å². The molecule has 0 atom stereocenters. The molecule has 1 aliphatic carbocycles. The van der Waals surface area contributed by atoms with Crippen LogP contribution in [0.1, 0.15) is 29.0 Å². The van der Waals surface area contributed by atoms with Gasteiger partial charge in [0.25, 0.3) is 5.91 Å². The summed E-state index contributed by atoms with van der Waals surface area (Å²) in [5.41, 5.74) is 1.46. The number of carbonyl (C=O) groups excluding carboxylic acids is 1. The molecule has 25 heavy (non-hydrogen) atoms. The maximum Gasteiger partial charge on any atom is 0.273 e. The highest BCUT2D eigenvalue weighted by molar-refractivity contribution is 7.89. The summed E-state index contributed by atoms with van der Waals surface area (Å²) >= 11 is 0. The number of para-hydroxylation sites is 1. The zero-order chi connectivity index (χ0) is 17.8. The Bertz CT molecular complexity index is 945. The lowest BCUT2D eigenvalue weighted by atomic mass is 10.2. The second-order valence-corrected chi connectivity index (χ2v) is 8.72. The van der Waals surface area contributed by atoms with Crippen molar-refractivity contribution in [2.24, 2.45) is 5.92 Å². The Morgan fingerprint density at radius 1 is 1.28 bits per heavy atom. The fraction of sp³-hybridized carbons (Fsp3) is 0.412. The molecule has 1 aromatic heterocycles. The average Bonchev–Trinajstić information content (AvgIpc) is 3.32. The van der Waals surface area contributed by atoms with Gasteiger partial charge in [-0.05, 0) is 30.9 Å². The van der Waals surface area contributed by atoms with Crippen LogP contribution in [0.25, 0.3) is 5.69 Å². The molecule has 1 amide bonds. The van der Waals surface area contributed by atoms with E-state index in [9.17, 15) is 13.2 Å². The second kappa shape index (κ2) is 5.67. The van der Waals surface area contributed by atoms with Crippen LogP contribution >= 0.6 is 0 Å². The Balaban J connectivity index is 1.92. The van der Waals surface area contributed by atoms with Gasteiger partial charge in [0.15, 0.2) is 5.69 Å². The van der Waals surface area contributed by atoms with Crippen molar-refractivity contribution in [3.8, 4) is 5.69 Å². The van der Waals surface area contributed by atoms with Crippen molar-refractivity contribution in [1.82, 2.24) is 18.8 Å². The molecule has 132 valence electrons. The van der Waals surface area contributed by atoms with Crippen LogP contribution in [0.5, 0.6) is 0 Å². The molecule has 0 saturated heterocycles. The van der Waals surface area contributed by atoms with Crippen molar-refractivity contribution < 1.29 is 13.2 Å². The second-order valence-electron chi connectivity index (χ2n) is 6.82. The molecule has 1 aromatic carbocycles. The molecule has 0 radical (unpaired) electrons. The van der Waals surface area contributed by atoms with Gasteiger partial charge in [0.2, 0.25) is 10.0 Å². The third kappa shape index (κ3) is 2.65. The van der Waals surface area contributed by atoms with Crippen LogP contribution in [0.15, 0.2) is 35.5 Å². The quantitative estimate of drug-likeness (QED) is 0.831. The first kappa shape index (κ1) is 16.3. The Kier molecular flexibility index (Phi) is 3.69. The lowest BCUT2D eigenvalue weighted by Crippen LogP contribution is -2.33. The topological polar surface area (TPSA) is 75.5 Å². The number of hydrogen-bond donors (Lipinski definition) is 0. The average molecular weight is 360 g/mol. The zero-order valence-electron chi connectivity index (χ0n) is 14.2. The van der Waals surface area contributed by atoms with E-state index in [1.807, 2.05) is 0 Å². The summed E-state index contributed by atoms with van der Waals surface area (Å²) in [6.45, 7) is 0.639. The van der Waals surface area contributed by atoms with Gasteiger partial charge in [-0.3, -0.25) is 9.36 Å². The minimum Gasteiger partial charge on any atom is -0.343 e. The number of imidazole rings is 1. The first-order chi connectivity index (χ1) is 11.9. The molecule has 2 heterocycles. The number of benzene rings is 1. The van der Waals surface area contributed by atoms with E-state index in [0.29, 0.717) is 29.5 Å². The van der Waals surface area contributed by atoms with Crippen LogP contribution in [0.3, 0.4) is 0 Å². The van der Waals surface area contributed by atoms with Crippen molar-refractivity contribution in [1.29, 1.82) is 0 Å². The minimum atomic E-state index is -3.61. The highest BCUT2D eigenvalue weighted by Gasteiger charge is 2.37. The predicted molar refractivity (Wildman–Crippen MR) is 91.9 cm³/mol. The van der Waals surface area contributed by atoms with E-state index in [0.717, 1.165) is 12.8 Å². The highest BCUT2D eigenvalue weighted by atomic mass is 32.2. The van der Waals surface area contributed by atoms with Crippen LogP contribution in [0, 0.1) is 5.92 Å². The Morgan fingerprint density at radius 2 is 2.00 bits per heavy atom. The fourth-order valence-corrected chi connectivity index (χ4v) is 4.80. The van der Waals surface area contributed by atoms with Gasteiger partial charge in [-0.2, -0.15) is 4.31 Å². The molecule has 4 rings (SSSR count). The number of hydrogen-bond acceptors (Lipinski definition) is 4. The molecule has 2 aliphatic rings. The summed E-state index contributed by atoms with van der Waals surface area (Å²) < 4.78 is 29.6. The van der Waals surface area contributed by atoms with Crippen LogP contribution in [-0.4, -0.2) is 53.7 Å². The van der Waals surface area contributed by atoms with Crippen LogP contribution in [0.4, 0.5) is 0 Å². The third-order valence-corrected chi connectivity index (χ3v) is 6.56. The molecule has 7 nitrogen and oxygen atoms in total. The van der Waals surface area contributed by atoms with Gasteiger partial charge in [0.1, 0.15) is 11.2 Å². The number of carbonyl (C=O) groups is 1. The first-order valence-corrected chi connectivity index (χ1v) is 9.71. The number of nitrogens with zero attached hydrogens (tertiary/aromatic N) is 4. The number of aromatic nitrogens is 2. The van der Waals surface area contributed by atoms with Gasteiger partial charge in [0, 0.05) is 20.6 Å². The van der Waals surface area contributed by atoms with Gasteiger partial charge < -0.3 is 4.90 Å². The summed E-state index contributed by atoms with van der Waals surface area (Å²) in [5, 5.41) is 0. The van der Waals surface area contributed by atoms with Gasteiger partial charge in [-0.1, -0.05) is 12.1 Å². The molecule has 0 bridgehead atoms. The zero-order valence-corrected chi connectivity index (χ0v) is 15.0. The number of rotatable bonds is 3. The number of fused-ring (bicyclic) bond motifs is 3. The fourth-order valence-electron chi connectivity index (χ4n) is 3.14. The monoisotopic (exact) mass is 360 g/mol. The molecular formula is C17H20N4O3S. The molecule has 1 saturated carbocycles. The van der Waals surface area contributed by atoms with Crippen LogP contribution in [0.2, 0.25) is 0 Å². The standard InChI is InChI=1S/C17H20N4O3S/c1-19(2)17(22)16-14-10-20(9-12-7-8-12)25(23,24)15-6-4-3-5-13(15)21(14)11-18-16/h3-6,11-12H,7-10H2,1-2H3. The molecular weight excluding hydrogens is 340 g/mol. The normalized spacial score (nSPS) is 19.0. The van der Waals surface area contributed by atoms with E-state index >= 15 is 0 Å². The molecule has 2 aromatic rings. The maximum absolute atomic E-state index is 13.2. The predicted octanol–water partition coefficient (Wildman–Crippen LogP) is 1.49. The molecule has 1 aliphatic heterocycles. The number of amides is 1. The Labute approximate surface area is 146 Å². The van der Waals surface area contributed by atoms with Gasteiger partial charge in [-0.15, -0.1) is 0 Å². The van der Waals surface area contributed by atoms with E-state index in [1.54, 1.807) is 49.3 Å². The maximum atomic E-state index is 13.2. The molecule has 0 unspecified atom stereocenters. The van der Waals surface area contributed by atoms with Crippen LogP contribution in [-0.2, 0) is 16.6 Å². The summed E-state index contributed by atoms with van der Waals surface area (Å²) in [6, 6.07) is 6.89. The molecule has 0 spiro atoms. The van der Waals surface area contributed by atoms with Crippen molar-refractivity contribution in [3.63, 3.8) is 0 Å². The lowest BCUT2D eigenvalue weighted by Gasteiger charge is -2.20. The van der Waals surface area contributed by atoms with Crippen LogP contribution < -0.4 is 0 Å². The van der Waals surface area contributed by atoms with E-state index < -0.39 is 10.0 Å². The summed E-state index contributed by atoms with van der Waals surface area (Å²) in [7, 11) is -0.287. The van der Waals surface area contributed by atoms with Crippen molar-refractivity contribution in [2.75, 3.05) is 20.6 Å². The Morgan fingerprint density at radius 3 is 2.68 bits per heavy atom. The summed E-state index contributed by atoms with van der Waals surface area (Å²) in [6.07, 6.45) is 3.65. The summed E-state index contributed by atoms with van der Waals surface area (Å²) in [4.78, 5) is 18.5. The van der Waals surface area contributed by atoms with Crippen molar-refractivity contribution in [2.45, 2.75) is 24.3 Å². The summed E-state index contributed by atoms with van der Waals surface area (Å²) in [5.74, 6) is 0.182. The third-order valence-electron chi connectivity index (χ3n) is 4.70. The molecule has 8 heteroatoms. The largest absolute Gasteiger partial charge is 0.343 e. The van der Waals surface area contributed by atoms with Crippen molar-refractivity contribution in [3.05, 3.63) is 42.0 Å². The molecule has 1 fully saturated rings. The number of sulfonamides is 1. The highest BCUT2D eigenvalue weighted by Crippen LogP contribution is 2.36. The van der Waals surface area contributed by atoms with Gasteiger partial charge in [0.05, 0.1) is 17.9 Å². The van der Waals surface area contributed by atoms with E-state index in [4.69, 9.17) is 0 Å². The smallest absolute Gasteiger partial charge is 0.273 e. The Hall–Kier alpha value is -2.19. The van der Waals surface area contributed by atoms with Crippen molar-refractivity contribution >= 4 is 15.9 Å². The van der Waals surface area contributed by atoms with Gasteiger partial charge in [-0.25, -0.2) is 13.4 Å². The van der Waals surface area contributed by atoms with E-state index in [1.165, 1.54) is 9.21 Å². The first-order valence-electron chi connectivity index (χ1n) is 8.27. The van der Waals surface area contributed by atoms with Gasteiger partial charge >= 0.3 is 0 Å². The minimum absolute atomic E-state index is 0.155. The molecule has 0 N–H and O–H groups in total. The SMILES string of the molecule is CN(C)C(=O)c1ncn2c1CN(CC1CC1)S(=O)(=O)c1ccccc1-2.